The Kier molecular flexibility index (Phi) is 71.0. The lowest BCUT2D eigenvalue weighted by Crippen LogP contribution is -2.52. The molecule has 0 fully saturated rings. The highest BCUT2D eigenvalue weighted by Crippen LogP contribution is 2.36. The summed E-state index contributed by atoms with van der Waals surface area (Å²) in [6, 6.07) is 6.44. The lowest BCUT2D eigenvalue weighted by Gasteiger charge is -2.44. The summed E-state index contributed by atoms with van der Waals surface area (Å²) >= 11 is 0. The summed E-state index contributed by atoms with van der Waals surface area (Å²) in [5, 5.41) is 0. The Morgan fingerprint density at radius 2 is 0.470 bits per heavy atom. The van der Waals surface area contributed by atoms with Gasteiger partial charge in [-0.1, -0.05) is 39.0 Å². The minimum Gasteiger partial charge on any atom is -0.377 e. The highest BCUT2D eigenvalue weighted by atomic mass is 28.4. The molecule has 0 aliphatic rings. The second kappa shape index (κ2) is 68.1. The third kappa shape index (κ3) is 43.7. The van der Waals surface area contributed by atoms with Crippen LogP contribution >= 0.6 is 0 Å². The van der Waals surface area contributed by atoms with Crippen LogP contribution < -0.4 is 0 Å². The summed E-state index contributed by atoms with van der Waals surface area (Å²) in [6.45, 7) is 20.4. The summed E-state index contributed by atoms with van der Waals surface area (Å²) in [5.41, 5.74) is -0.245. The molecule has 0 aliphatic heterocycles. The molecule has 0 aromatic heterocycles. The van der Waals surface area contributed by atoms with Crippen LogP contribution in [0.25, 0.3) is 0 Å². The van der Waals surface area contributed by atoms with Crippen LogP contribution in [-0.2, 0) is 125 Å². The number of carbonyl (C=O) groups is 4. The van der Waals surface area contributed by atoms with E-state index in [0.29, 0.717) is 31.1 Å². The maximum absolute atomic E-state index is 12.4. The lowest BCUT2D eigenvalue weighted by atomic mass is 9.84. The van der Waals surface area contributed by atoms with E-state index in [4.69, 9.17) is 106 Å². The SMILES string of the molecule is CCN(C(C)=O)C(CC)(CCC[Si](OC)(OC)OC)CCC[Si](OC)(OC)OC.CCN(C(C)=O)C(CCCC[Si](OC)(OC)OC)CCCC[Si](OC)(OC)OC.CCN(C(C)=O)C(CCCC[Si](OC)(OC)OC)CCC[Si](OC)(OC)OC.CCN(CCC(CCC[Si](OC)(OC)OC)CCC[Si](OC)(OC)OC)C(C)=O. The molecule has 40 heteroatoms. The third-order valence-electron chi connectivity index (χ3n) is 22.7. The van der Waals surface area contributed by atoms with Crippen molar-refractivity contribution < 1.29 is 125 Å². The molecular weight excluding hydrogens is 1630 g/mol. The molecule has 0 saturated heterocycles. The summed E-state index contributed by atoms with van der Waals surface area (Å²) in [5.74, 6) is 0.937. The fourth-order valence-corrected chi connectivity index (χ4v) is 29.3. The quantitative estimate of drug-likeness (QED) is 0.0403. The van der Waals surface area contributed by atoms with E-state index >= 15 is 0 Å². The van der Waals surface area contributed by atoms with Crippen molar-refractivity contribution >= 4 is 94.1 Å². The van der Waals surface area contributed by atoms with Crippen molar-refractivity contribution in [1.29, 1.82) is 0 Å². The van der Waals surface area contributed by atoms with Crippen molar-refractivity contribution in [3.05, 3.63) is 0 Å². The first-order valence-electron chi connectivity index (χ1n) is 41.0. The standard InChI is InChI=1S/3C19H43NO7Si2.C18H41NO7Si2/c1-10-19(20(11-2)18(3)21,14-12-16-28(22-4,23-5)24-6)15-13-17-29(25-7,26-8)27-9;1-9-20(18(2)21)15-14-19(12-10-16-28(22-3,23-4)24-5)13-11-17-29(25-6,26-7)27-8;1-9-20(18(2)21)19(14-10-12-16-28(22-3,23-4)24-5)15-11-13-17-29(25-6,26-7)27-8;1-9-19(17(2)20)18(14-12-16-28(24-6,25-7)26-8)13-10-11-15-27(21-3,22-4)23-5/h10-17H2,1-9H3;2*19H,9-17H2,1-8H3;18H,9-16H2,1-8H3. The van der Waals surface area contributed by atoms with E-state index in [1.807, 2.05) is 47.3 Å². The molecule has 0 aromatic carbocycles. The Morgan fingerprint density at radius 3 is 0.652 bits per heavy atom. The number of hydrogen-bond acceptors (Lipinski definition) is 28. The van der Waals surface area contributed by atoms with Gasteiger partial charge < -0.3 is 126 Å². The molecule has 32 nitrogen and oxygen atoms in total. The second-order valence-electron chi connectivity index (χ2n) is 28.0. The maximum atomic E-state index is 12.4. The number of carbonyl (C=O) groups excluding carboxylic acids is 4. The molecule has 115 heavy (non-hydrogen) atoms. The summed E-state index contributed by atoms with van der Waals surface area (Å²) in [7, 11) is 18.7. The van der Waals surface area contributed by atoms with E-state index in [-0.39, 0.29) is 41.3 Å². The van der Waals surface area contributed by atoms with Gasteiger partial charge in [-0.3, -0.25) is 19.2 Å². The second-order valence-corrected chi connectivity index (χ2v) is 52.7. The molecule has 0 heterocycles. The maximum Gasteiger partial charge on any atom is 0.500 e. The van der Waals surface area contributed by atoms with Gasteiger partial charge in [-0.15, -0.1) is 0 Å². The van der Waals surface area contributed by atoms with Crippen LogP contribution in [0.1, 0.15) is 197 Å². The van der Waals surface area contributed by atoms with Gasteiger partial charge in [0.25, 0.3) is 0 Å². The summed E-state index contributed by atoms with van der Waals surface area (Å²) in [4.78, 5) is 56.2. The molecule has 1 atom stereocenters. The molecule has 0 bridgehead atoms. The fourth-order valence-electron chi connectivity index (χ4n) is 15.2. The number of amides is 4. The van der Waals surface area contributed by atoms with Crippen molar-refractivity contribution in [1.82, 2.24) is 19.6 Å². The predicted octanol–water partition coefficient (Wildman–Crippen LogP) is 12.7. The van der Waals surface area contributed by atoms with Crippen molar-refractivity contribution in [2.75, 3.05) is 203 Å². The molecule has 0 aromatic rings. The molecule has 0 N–H and O–H groups in total. The van der Waals surface area contributed by atoms with Gasteiger partial charge in [-0.2, -0.15) is 0 Å². The van der Waals surface area contributed by atoms with Crippen LogP contribution in [0.5, 0.6) is 0 Å². The first kappa shape index (κ1) is 120. The first-order valence-corrected chi connectivity index (χ1v) is 56.5. The summed E-state index contributed by atoms with van der Waals surface area (Å²) < 4.78 is 132. The average Bonchev–Trinajstić information content (AvgIpc) is 0.811. The predicted molar refractivity (Wildman–Crippen MR) is 466 cm³/mol. The van der Waals surface area contributed by atoms with E-state index in [1.54, 1.807) is 198 Å². The van der Waals surface area contributed by atoms with E-state index < -0.39 is 70.4 Å². The van der Waals surface area contributed by atoms with Crippen LogP contribution in [0.4, 0.5) is 0 Å². The van der Waals surface area contributed by atoms with Crippen LogP contribution in [-0.4, -0.2) is 335 Å². The van der Waals surface area contributed by atoms with Gasteiger partial charge in [0.2, 0.25) is 23.6 Å². The minimum atomic E-state index is -2.64. The Morgan fingerprint density at radius 1 is 0.252 bits per heavy atom. The topological polar surface area (TPSA) is 303 Å². The number of nitrogens with zero attached hydrogens (tertiary/aromatic N) is 4. The Hall–Kier alpha value is -1.34. The van der Waals surface area contributed by atoms with E-state index in [0.717, 1.165) is 191 Å². The highest BCUT2D eigenvalue weighted by molar-refractivity contribution is 6.63. The Bertz CT molecular complexity index is 2230. The third-order valence-corrected chi connectivity index (χ3v) is 45.3. The Labute approximate surface area is 707 Å². The molecule has 0 spiro atoms. The van der Waals surface area contributed by atoms with Crippen LogP contribution in [0.15, 0.2) is 0 Å². The van der Waals surface area contributed by atoms with Crippen molar-refractivity contribution in [3.8, 4) is 0 Å². The van der Waals surface area contributed by atoms with Crippen molar-refractivity contribution in [2.45, 2.75) is 263 Å². The molecule has 0 radical (unpaired) electrons. The van der Waals surface area contributed by atoms with Gasteiger partial charge in [-0.25, -0.2) is 0 Å². The number of hydrogen-bond donors (Lipinski definition) is 0. The highest BCUT2D eigenvalue weighted by Gasteiger charge is 2.46. The van der Waals surface area contributed by atoms with Gasteiger partial charge in [0.05, 0.1) is 0 Å². The van der Waals surface area contributed by atoms with Gasteiger partial charge in [0, 0.05) is 297 Å². The number of rotatable bonds is 70. The van der Waals surface area contributed by atoms with Gasteiger partial charge >= 0.3 is 70.4 Å². The molecule has 0 rings (SSSR count). The van der Waals surface area contributed by atoms with Crippen LogP contribution in [0, 0.1) is 5.92 Å². The number of unbranched alkanes of at least 4 members (excludes halogenated alkanes) is 3. The van der Waals surface area contributed by atoms with Crippen molar-refractivity contribution in [2.24, 2.45) is 5.92 Å². The Balaban J connectivity index is -0.000000714. The van der Waals surface area contributed by atoms with E-state index in [9.17, 15) is 19.2 Å². The average molecular weight is 1800 g/mol. The zero-order chi connectivity index (χ0) is 88.9. The lowest BCUT2D eigenvalue weighted by molar-refractivity contribution is -0.136. The van der Waals surface area contributed by atoms with Gasteiger partial charge in [0.1, 0.15) is 0 Å². The largest absolute Gasteiger partial charge is 0.500 e. The molecular formula is C75H170N4O28Si8. The smallest absolute Gasteiger partial charge is 0.377 e. The van der Waals surface area contributed by atoms with Crippen LogP contribution in [0.3, 0.4) is 0 Å². The zero-order valence-electron chi connectivity index (χ0n) is 78.5. The van der Waals surface area contributed by atoms with E-state index in [1.165, 1.54) is 0 Å². The molecule has 1 unspecified atom stereocenters. The van der Waals surface area contributed by atoms with Crippen molar-refractivity contribution in [3.63, 3.8) is 0 Å². The zero-order valence-corrected chi connectivity index (χ0v) is 86.5. The first-order chi connectivity index (χ1) is 54.7. The van der Waals surface area contributed by atoms with Gasteiger partial charge in [-0.05, 0) is 136 Å². The monoisotopic (exact) mass is 1800 g/mol. The normalized spacial score (nSPS) is 12.9. The molecule has 4 amide bonds. The molecule has 0 saturated carbocycles. The fraction of sp³-hybridized carbons (Fsp3) is 0.947. The van der Waals surface area contributed by atoms with Gasteiger partial charge in [0.15, 0.2) is 0 Å². The van der Waals surface area contributed by atoms with E-state index in [2.05, 4.69) is 6.92 Å². The minimum absolute atomic E-state index is 0.0943. The van der Waals surface area contributed by atoms with Crippen LogP contribution in [0.2, 0.25) is 48.4 Å². The molecule has 0 aliphatic carbocycles. The molecule has 690 valence electrons. The summed E-state index contributed by atoms with van der Waals surface area (Å²) in [6.07, 6.45) is 19.6.